The average Bonchev–Trinajstić information content (AvgIpc) is 2.30. The number of halogens is 1. The summed E-state index contributed by atoms with van der Waals surface area (Å²) in [6.45, 7) is 0. The highest BCUT2D eigenvalue weighted by molar-refractivity contribution is 7.97. The van der Waals surface area contributed by atoms with Crippen LogP contribution in [0.1, 0.15) is 32.1 Å². The van der Waals surface area contributed by atoms with Gasteiger partial charge in [-0.25, -0.2) is 4.39 Å². The lowest BCUT2D eigenvalue weighted by atomic mass is 9.96. The maximum atomic E-state index is 12.7. The summed E-state index contributed by atoms with van der Waals surface area (Å²) >= 11 is 1.62. The van der Waals surface area contributed by atoms with Gasteiger partial charge in [-0.1, -0.05) is 19.3 Å². The van der Waals surface area contributed by atoms with Crippen molar-refractivity contribution in [2.45, 2.75) is 43.0 Å². The van der Waals surface area contributed by atoms with Crippen molar-refractivity contribution in [2.75, 3.05) is 0 Å². The zero-order valence-corrected chi connectivity index (χ0v) is 9.52. The lowest BCUT2D eigenvalue weighted by Crippen LogP contribution is -2.25. The van der Waals surface area contributed by atoms with Gasteiger partial charge in [-0.3, -0.25) is 4.72 Å². The van der Waals surface area contributed by atoms with Crippen molar-refractivity contribution in [3.63, 3.8) is 0 Å². The molecule has 1 aliphatic carbocycles. The zero-order chi connectivity index (χ0) is 10.5. The topological polar surface area (TPSA) is 12.0 Å². The first-order chi connectivity index (χ1) is 7.34. The smallest absolute Gasteiger partial charge is 0.123 e. The van der Waals surface area contributed by atoms with Crippen LogP contribution in [0.15, 0.2) is 29.2 Å². The van der Waals surface area contributed by atoms with Gasteiger partial charge in [0.05, 0.1) is 0 Å². The Labute approximate surface area is 94.6 Å². The minimum absolute atomic E-state index is 0.169. The molecule has 0 saturated heterocycles. The molecule has 3 heteroatoms. The van der Waals surface area contributed by atoms with E-state index in [9.17, 15) is 4.39 Å². The highest BCUT2D eigenvalue weighted by Crippen LogP contribution is 2.22. The van der Waals surface area contributed by atoms with E-state index in [1.54, 1.807) is 11.9 Å². The average molecular weight is 225 g/mol. The monoisotopic (exact) mass is 225 g/mol. The van der Waals surface area contributed by atoms with E-state index in [1.165, 1.54) is 44.2 Å². The number of hydrogen-bond acceptors (Lipinski definition) is 2. The van der Waals surface area contributed by atoms with Crippen molar-refractivity contribution in [1.82, 2.24) is 4.72 Å². The first-order valence-corrected chi connectivity index (χ1v) is 6.34. The van der Waals surface area contributed by atoms with Crippen LogP contribution < -0.4 is 4.72 Å². The van der Waals surface area contributed by atoms with E-state index in [4.69, 9.17) is 0 Å². The highest BCUT2D eigenvalue weighted by Gasteiger charge is 2.12. The van der Waals surface area contributed by atoms with Crippen molar-refractivity contribution in [3.8, 4) is 0 Å². The zero-order valence-electron chi connectivity index (χ0n) is 8.71. The molecule has 1 N–H and O–H groups in total. The summed E-state index contributed by atoms with van der Waals surface area (Å²) < 4.78 is 16.1. The Kier molecular flexibility index (Phi) is 4.03. The molecule has 1 fully saturated rings. The Hall–Kier alpha value is -0.540. The van der Waals surface area contributed by atoms with Gasteiger partial charge in [0.25, 0.3) is 0 Å². The fourth-order valence-corrected chi connectivity index (χ4v) is 2.69. The lowest BCUT2D eigenvalue weighted by Gasteiger charge is -2.22. The third-order valence-electron chi connectivity index (χ3n) is 2.76. The van der Waals surface area contributed by atoms with Gasteiger partial charge in [0.2, 0.25) is 0 Å². The van der Waals surface area contributed by atoms with E-state index in [1.807, 2.05) is 12.1 Å². The SMILES string of the molecule is Fc1ccc(SNC2CCCCC2)cc1. The van der Waals surface area contributed by atoms with Gasteiger partial charge in [0, 0.05) is 10.9 Å². The molecule has 1 saturated carbocycles. The highest BCUT2D eigenvalue weighted by atomic mass is 32.2. The van der Waals surface area contributed by atoms with E-state index in [0.717, 1.165) is 4.90 Å². The molecular formula is C12H16FNS. The minimum atomic E-state index is -0.169. The standard InChI is InChI=1S/C12H16FNS/c13-10-6-8-12(9-7-10)15-14-11-4-2-1-3-5-11/h6-9,11,14H,1-5H2. The Balaban J connectivity index is 1.79. The van der Waals surface area contributed by atoms with Crippen LogP contribution in [0.5, 0.6) is 0 Å². The van der Waals surface area contributed by atoms with Crippen molar-refractivity contribution < 1.29 is 4.39 Å². The third-order valence-corrected chi connectivity index (χ3v) is 3.72. The van der Waals surface area contributed by atoms with Crippen molar-refractivity contribution in [1.29, 1.82) is 0 Å². The molecule has 1 aliphatic rings. The Morgan fingerprint density at radius 2 is 1.73 bits per heavy atom. The Morgan fingerprint density at radius 3 is 2.40 bits per heavy atom. The van der Waals surface area contributed by atoms with Crippen molar-refractivity contribution in [3.05, 3.63) is 30.1 Å². The lowest BCUT2D eigenvalue weighted by molar-refractivity contribution is 0.423. The molecular weight excluding hydrogens is 209 g/mol. The predicted molar refractivity (Wildman–Crippen MR) is 62.3 cm³/mol. The van der Waals surface area contributed by atoms with Crippen LogP contribution in [-0.4, -0.2) is 6.04 Å². The molecule has 0 bridgehead atoms. The number of hydrogen-bond donors (Lipinski definition) is 1. The molecule has 0 spiro atoms. The first kappa shape index (κ1) is 11.0. The molecule has 1 aromatic rings. The van der Waals surface area contributed by atoms with Crippen molar-refractivity contribution in [2.24, 2.45) is 0 Å². The van der Waals surface area contributed by atoms with Crippen LogP contribution in [-0.2, 0) is 0 Å². The summed E-state index contributed by atoms with van der Waals surface area (Å²) in [4.78, 5) is 1.09. The van der Waals surface area contributed by atoms with Gasteiger partial charge < -0.3 is 0 Å². The second-order valence-electron chi connectivity index (χ2n) is 4.01. The molecule has 2 rings (SSSR count). The van der Waals surface area contributed by atoms with Crippen molar-refractivity contribution >= 4 is 11.9 Å². The van der Waals surface area contributed by atoms with E-state index in [2.05, 4.69) is 4.72 Å². The summed E-state index contributed by atoms with van der Waals surface area (Å²) in [5, 5.41) is 0. The van der Waals surface area contributed by atoms with E-state index in [0.29, 0.717) is 6.04 Å². The fourth-order valence-electron chi connectivity index (χ4n) is 1.87. The summed E-state index contributed by atoms with van der Waals surface area (Å²) in [5.41, 5.74) is 0. The fraction of sp³-hybridized carbons (Fsp3) is 0.500. The molecule has 82 valence electrons. The third kappa shape index (κ3) is 3.50. The summed E-state index contributed by atoms with van der Waals surface area (Å²) in [5.74, 6) is -0.169. The van der Waals surface area contributed by atoms with Gasteiger partial charge in [-0.2, -0.15) is 0 Å². The normalized spacial score (nSPS) is 17.9. The summed E-state index contributed by atoms with van der Waals surface area (Å²) in [6.07, 6.45) is 6.59. The van der Waals surface area contributed by atoms with Crippen LogP contribution in [0.3, 0.4) is 0 Å². The molecule has 0 atom stereocenters. The second kappa shape index (κ2) is 5.52. The van der Waals surface area contributed by atoms with Crippen LogP contribution >= 0.6 is 11.9 Å². The first-order valence-electron chi connectivity index (χ1n) is 5.52. The quantitative estimate of drug-likeness (QED) is 0.786. The minimum Gasteiger partial charge on any atom is -0.257 e. The molecule has 0 heterocycles. The van der Waals surface area contributed by atoms with Gasteiger partial charge in [0.1, 0.15) is 5.82 Å². The molecule has 0 aliphatic heterocycles. The van der Waals surface area contributed by atoms with E-state index >= 15 is 0 Å². The largest absolute Gasteiger partial charge is 0.257 e. The van der Waals surface area contributed by atoms with Crippen LogP contribution in [0.25, 0.3) is 0 Å². The van der Waals surface area contributed by atoms with Gasteiger partial charge in [0.15, 0.2) is 0 Å². The van der Waals surface area contributed by atoms with E-state index < -0.39 is 0 Å². The molecule has 1 aromatic carbocycles. The molecule has 15 heavy (non-hydrogen) atoms. The molecule has 0 radical (unpaired) electrons. The summed E-state index contributed by atoms with van der Waals surface area (Å²) in [6, 6.07) is 7.27. The summed E-state index contributed by atoms with van der Waals surface area (Å²) in [7, 11) is 0. The van der Waals surface area contributed by atoms with Gasteiger partial charge in [-0.15, -0.1) is 0 Å². The van der Waals surface area contributed by atoms with Crippen LogP contribution in [0.4, 0.5) is 4.39 Å². The maximum absolute atomic E-state index is 12.7. The Bertz CT molecular complexity index is 293. The molecule has 0 aromatic heterocycles. The predicted octanol–water partition coefficient (Wildman–Crippen LogP) is 3.76. The number of benzene rings is 1. The second-order valence-corrected chi connectivity index (χ2v) is 4.92. The van der Waals surface area contributed by atoms with Crippen LogP contribution in [0, 0.1) is 5.82 Å². The van der Waals surface area contributed by atoms with Gasteiger partial charge >= 0.3 is 0 Å². The maximum Gasteiger partial charge on any atom is 0.123 e. The molecule has 1 nitrogen and oxygen atoms in total. The van der Waals surface area contributed by atoms with Crippen LogP contribution in [0.2, 0.25) is 0 Å². The van der Waals surface area contributed by atoms with Gasteiger partial charge in [-0.05, 0) is 49.1 Å². The molecule has 0 unspecified atom stereocenters. The number of nitrogens with one attached hydrogen (secondary N) is 1. The van der Waals surface area contributed by atoms with E-state index in [-0.39, 0.29) is 5.82 Å². The Morgan fingerprint density at radius 1 is 1.07 bits per heavy atom. The molecule has 0 amide bonds. The number of rotatable bonds is 3.